The Bertz CT molecular complexity index is 1940. The summed E-state index contributed by atoms with van der Waals surface area (Å²) < 4.78 is 19.4. The van der Waals surface area contributed by atoms with E-state index in [1.165, 1.54) is 33.7 Å². The smallest absolute Gasteiger partial charge is 0.338 e. The van der Waals surface area contributed by atoms with Gasteiger partial charge in [-0.2, -0.15) is 0 Å². The summed E-state index contributed by atoms with van der Waals surface area (Å²) >= 11 is 5.93. The zero-order valence-electron chi connectivity index (χ0n) is 23.2. The fourth-order valence-corrected chi connectivity index (χ4v) is 6.94. The van der Waals surface area contributed by atoms with E-state index in [-0.39, 0.29) is 17.7 Å². The number of methoxy groups -OCH3 is 1. The number of hydrogen-bond acceptors (Lipinski definition) is 10. The van der Waals surface area contributed by atoms with Crippen LogP contribution < -0.4 is 25.2 Å². The molecule has 1 aromatic carbocycles. The van der Waals surface area contributed by atoms with E-state index in [1.54, 1.807) is 45.2 Å². The van der Waals surface area contributed by atoms with Gasteiger partial charge in [-0.3, -0.25) is 14.2 Å². The van der Waals surface area contributed by atoms with Crippen molar-refractivity contribution in [1.82, 2.24) is 14.5 Å². The number of rotatable bonds is 9. The third kappa shape index (κ3) is 6.08. The Morgan fingerprint density at radius 3 is 2.74 bits per heavy atom. The number of ether oxygens (including phenoxy) is 2. The van der Waals surface area contributed by atoms with Gasteiger partial charge in [-0.1, -0.05) is 30.7 Å². The number of allylic oxidation sites excluding steroid dienone is 1. The van der Waals surface area contributed by atoms with Gasteiger partial charge in [-0.15, -0.1) is 0 Å². The molecule has 0 unspecified atom stereocenters. The minimum Gasteiger partial charge on any atom is -0.496 e. The largest absolute Gasteiger partial charge is 0.496 e. The number of fused-ring (bicyclic) bond motifs is 1. The zero-order chi connectivity index (χ0) is 30.0. The number of furan rings is 1. The first-order valence-electron chi connectivity index (χ1n) is 13.1. The molecule has 0 fully saturated rings. The van der Waals surface area contributed by atoms with Crippen molar-refractivity contribution in [2.75, 3.05) is 13.7 Å². The summed E-state index contributed by atoms with van der Waals surface area (Å²) in [6.07, 6.45) is 2.94. The van der Waals surface area contributed by atoms with Gasteiger partial charge in [0.05, 0.1) is 40.0 Å². The third-order valence-electron chi connectivity index (χ3n) is 6.30. The van der Waals surface area contributed by atoms with E-state index in [1.807, 2.05) is 19.1 Å². The molecule has 5 rings (SSSR count). The number of hydrogen-bond donors (Lipinski definition) is 1. The predicted octanol–water partition coefficient (Wildman–Crippen LogP) is 4.49. The van der Waals surface area contributed by atoms with Crippen LogP contribution in [0.4, 0.5) is 0 Å². The van der Waals surface area contributed by atoms with Crippen molar-refractivity contribution in [3.8, 4) is 5.75 Å². The fourth-order valence-electron chi connectivity index (χ4n) is 4.58. The highest BCUT2D eigenvalue weighted by molar-refractivity contribution is 9.10. The van der Waals surface area contributed by atoms with Gasteiger partial charge < -0.3 is 18.9 Å². The minimum absolute atomic E-state index is 0.190. The number of aromatic nitrogens is 3. The number of esters is 1. The summed E-state index contributed by atoms with van der Waals surface area (Å²) in [6, 6.07) is 9.60. The van der Waals surface area contributed by atoms with E-state index < -0.39 is 12.0 Å². The fraction of sp³-hybridized carbons (Fsp3) is 0.276. The number of thiazole rings is 1. The molecular weight excluding hydrogens is 644 g/mol. The summed E-state index contributed by atoms with van der Waals surface area (Å²) in [4.78, 5) is 51.3. The Hall–Kier alpha value is -3.68. The minimum atomic E-state index is -0.752. The van der Waals surface area contributed by atoms with E-state index in [9.17, 15) is 14.4 Å². The maximum Gasteiger partial charge on any atom is 0.338 e. The van der Waals surface area contributed by atoms with Crippen molar-refractivity contribution in [2.24, 2.45) is 4.99 Å². The zero-order valence-corrected chi connectivity index (χ0v) is 26.4. The highest BCUT2D eigenvalue weighted by Gasteiger charge is 2.34. The molecule has 42 heavy (non-hydrogen) atoms. The lowest BCUT2D eigenvalue weighted by Gasteiger charge is -2.26. The van der Waals surface area contributed by atoms with E-state index in [2.05, 4.69) is 25.9 Å². The molecule has 4 heterocycles. The first-order valence-corrected chi connectivity index (χ1v) is 15.6. The van der Waals surface area contributed by atoms with Gasteiger partial charge in [0.15, 0.2) is 15.1 Å². The van der Waals surface area contributed by atoms with Gasteiger partial charge in [0, 0.05) is 17.8 Å². The van der Waals surface area contributed by atoms with Crippen LogP contribution in [0.15, 0.2) is 81.4 Å². The first-order chi connectivity index (χ1) is 20.2. The summed E-state index contributed by atoms with van der Waals surface area (Å²) in [7, 11) is 1.57. The van der Waals surface area contributed by atoms with E-state index in [0.717, 1.165) is 6.42 Å². The molecule has 1 aliphatic heterocycles. The van der Waals surface area contributed by atoms with Crippen LogP contribution in [0.3, 0.4) is 0 Å². The SMILES string of the molecule is CCCC1=C(C(=O)OCC)[C@@H](c2ccc(OC)c(Br)c2)n2c(s/c(=C/c3ccc(Sc4nc(C)cc(=O)[nH]4)o3)c2=O)=N1. The average molecular weight is 672 g/mol. The number of aromatic amines is 1. The van der Waals surface area contributed by atoms with Gasteiger partial charge in [-0.05, 0) is 77.8 Å². The molecule has 218 valence electrons. The van der Waals surface area contributed by atoms with E-state index in [0.29, 0.717) is 64.5 Å². The lowest BCUT2D eigenvalue weighted by Crippen LogP contribution is -2.40. The summed E-state index contributed by atoms with van der Waals surface area (Å²) in [5, 5.41) is 0.902. The van der Waals surface area contributed by atoms with Crippen molar-refractivity contribution >= 4 is 51.1 Å². The molecule has 3 aromatic heterocycles. The van der Waals surface area contributed by atoms with Crippen molar-refractivity contribution in [3.63, 3.8) is 0 Å². The standard InChI is InChI=1S/C29H27BrN4O6S2/c1-5-7-19-24(27(37)39-6-2)25(16-8-10-20(38-4)18(30)13-16)34-26(36)21(41-29(34)32-19)14-17-9-11-23(40-17)42-28-31-15(3)12-22(35)33-28/h8-14,25H,5-7H2,1-4H3,(H,31,33,35)/b21-14+/t25-/m1/s1. The highest BCUT2D eigenvalue weighted by atomic mass is 79.9. The number of halogens is 1. The lowest BCUT2D eigenvalue weighted by atomic mass is 9.94. The third-order valence-corrected chi connectivity index (χ3v) is 8.71. The van der Waals surface area contributed by atoms with Crippen LogP contribution >= 0.6 is 39.0 Å². The normalized spacial score (nSPS) is 15.0. The van der Waals surface area contributed by atoms with Crippen LogP contribution in [0.5, 0.6) is 5.75 Å². The molecule has 0 amide bonds. The monoisotopic (exact) mass is 670 g/mol. The molecule has 1 N–H and O–H groups in total. The molecule has 13 heteroatoms. The summed E-state index contributed by atoms with van der Waals surface area (Å²) in [6.45, 7) is 5.68. The van der Waals surface area contributed by atoms with Crippen LogP contribution in [0.2, 0.25) is 0 Å². The molecule has 1 atom stereocenters. The molecule has 0 aliphatic carbocycles. The van der Waals surface area contributed by atoms with Crippen LogP contribution in [0, 0.1) is 6.92 Å². The quantitative estimate of drug-likeness (QED) is 0.204. The molecule has 0 radical (unpaired) electrons. The first kappa shape index (κ1) is 29.8. The number of carbonyl (C=O) groups excluding carboxylic acids is 1. The van der Waals surface area contributed by atoms with Gasteiger partial charge in [0.2, 0.25) is 0 Å². The molecule has 0 spiro atoms. The van der Waals surface area contributed by atoms with Crippen LogP contribution in [0.1, 0.15) is 49.7 Å². The second-order valence-corrected chi connectivity index (χ2v) is 12.1. The molecular formula is C29H27BrN4O6S2. The number of aryl methyl sites for hydroxylation is 1. The predicted molar refractivity (Wildman–Crippen MR) is 163 cm³/mol. The summed E-state index contributed by atoms with van der Waals surface area (Å²) in [5.41, 5.74) is 1.67. The van der Waals surface area contributed by atoms with Crippen LogP contribution in [-0.4, -0.2) is 34.2 Å². The molecule has 0 bridgehead atoms. The Morgan fingerprint density at radius 2 is 2.05 bits per heavy atom. The van der Waals surface area contributed by atoms with Crippen LogP contribution in [0.25, 0.3) is 6.08 Å². The average Bonchev–Trinajstić information content (AvgIpc) is 3.50. The molecule has 0 saturated heterocycles. The Kier molecular flexibility index (Phi) is 8.99. The summed E-state index contributed by atoms with van der Waals surface area (Å²) in [5.74, 6) is 0.560. The van der Waals surface area contributed by atoms with E-state index in [4.69, 9.17) is 18.9 Å². The second kappa shape index (κ2) is 12.7. The molecule has 4 aromatic rings. The Morgan fingerprint density at radius 1 is 1.24 bits per heavy atom. The number of carbonyl (C=O) groups is 1. The number of benzene rings is 1. The Balaban J connectivity index is 1.62. The number of nitrogens with one attached hydrogen (secondary N) is 1. The highest BCUT2D eigenvalue weighted by Crippen LogP contribution is 2.36. The second-order valence-electron chi connectivity index (χ2n) is 9.26. The molecule has 0 saturated carbocycles. The van der Waals surface area contributed by atoms with Gasteiger partial charge >= 0.3 is 5.97 Å². The Labute approximate surface area is 256 Å². The van der Waals surface area contributed by atoms with Crippen molar-refractivity contribution in [3.05, 3.63) is 99.2 Å². The number of H-pyrrole nitrogens is 1. The van der Waals surface area contributed by atoms with Gasteiger partial charge in [0.1, 0.15) is 11.5 Å². The number of nitrogens with zero attached hydrogens (tertiary/aromatic N) is 3. The lowest BCUT2D eigenvalue weighted by molar-refractivity contribution is -0.139. The maximum atomic E-state index is 13.9. The maximum absolute atomic E-state index is 13.9. The topological polar surface area (TPSA) is 129 Å². The molecule has 10 nitrogen and oxygen atoms in total. The van der Waals surface area contributed by atoms with Crippen molar-refractivity contribution < 1.29 is 18.7 Å². The van der Waals surface area contributed by atoms with Crippen LogP contribution in [-0.2, 0) is 9.53 Å². The van der Waals surface area contributed by atoms with Crippen molar-refractivity contribution in [2.45, 2.75) is 49.9 Å². The van der Waals surface area contributed by atoms with Gasteiger partial charge in [0.25, 0.3) is 11.1 Å². The van der Waals surface area contributed by atoms with Gasteiger partial charge in [-0.25, -0.2) is 14.8 Å². The molecule has 1 aliphatic rings. The van der Waals surface area contributed by atoms with Crippen molar-refractivity contribution in [1.29, 1.82) is 0 Å². The van der Waals surface area contributed by atoms with E-state index >= 15 is 0 Å².